The van der Waals surface area contributed by atoms with Gasteiger partial charge >= 0.3 is 6.18 Å². The van der Waals surface area contributed by atoms with Crippen molar-refractivity contribution in [2.45, 2.75) is 13.1 Å². The summed E-state index contributed by atoms with van der Waals surface area (Å²) in [6.07, 6.45) is -4.68. The lowest BCUT2D eigenvalue weighted by Crippen LogP contribution is -2.06. The first kappa shape index (κ1) is 16.4. The summed E-state index contributed by atoms with van der Waals surface area (Å²) in [5, 5.41) is -0.464. The van der Waals surface area contributed by atoms with Crippen molar-refractivity contribution < 1.29 is 27.0 Å². The summed E-state index contributed by atoms with van der Waals surface area (Å²) in [4.78, 5) is 0. The minimum absolute atomic E-state index is 0.200. The highest BCUT2D eigenvalue weighted by atomic mass is 35.5. The Kier molecular flexibility index (Phi) is 4.81. The number of alkyl halides is 3. The zero-order chi connectivity index (χ0) is 16.3. The second-order valence-electron chi connectivity index (χ2n) is 4.28. The molecule has 0 aromatic heterocycles. The molecule has 0 bridgehead atoms. The van der Waals surface area contributed by atoms with Crippen molar-refractivity contribution in [3.8, 4) is 17.2 Å². The van der Waals surface area contributed by atoms with Gasteiger partial charge in [-0.3, -0.25) is 0 Å². The molecule has 0 unspecified atom stereocenters. The van der Waals surface area contributed by atoms with Crippen LogP contribution in [0.5, 0.6) is 17.2 Å². The summed E-state index contributed by atoms with van der Waals surface area (Å²) in [6, 6.07) is 7.23. The molecule has 0 aliphatic rings. The fourth-order valence-electron chi connectivity index (χ4n) is 1.73. The average molecular weight is 335 g/mol. The van der Waals surface area contributed by atoms with Crippen molar-refractivity contribution in [3.63, 3.8) is 0 Å². The smallest absolute Gasteiger partial charge is 0.416 e. The Morgan fingerprint density at radius 3 is 2.36 bits per heavy atom. The van der Waals surface area contributed by atoms with Gasteiger partial charge in [0.2, 0.25) is 0 Å². The van der Waals surface area contributed by atoms with Gasteiger partial charge in [-0.1, -0.05) is 17.7 Å². The molecule has 0 fully saturated rings. The van der Waals surface area contributed by atoms with Crippen LogP contribution in [0.1, 0.15) is 12.5 Å². The molecule has 118 valence electrons. The van der Waals surface area contributed by atoms with Gasteiger partial charge in [0.05, 0.1) is 17.2 Å². The fraction of sp³-hybridized carbons (Fsp3) is 0.200. The number of halogens is 5. The molecule has 0 atom stereocenters. The highest BCUT2D eigenvalue weighted by Crippen LogP contribution is 2.38. The minimum atomic E-state index is -4.68. The van der Waals surface area contributed by atoms with Crippen LogP contribution in [0.2, 0.25) is 5.02 Å². The summed E-state index contributed by atoms with van der Waals surface area (Å²) in [5.41, 5.74) is -1.18. The van der Waals surface area contributed by atoms with E-state index in [2.05, 4.69) is 0 Å². The molecule has 0 amide bonds. The van der Waals surface area contributed by atoms with Crippen molar-refractivity contribution >= 4 is 11.6 Å². The van der Waals surface area contributed by atoms with E-state index in [1.54, 1.807) is 19.1 Å². The number of ether oxygens (including phenoxy) is 2. The summed E-state index contributed by atoms with van der Waals surface area (Å²) in [7, 11) is 0. The predicted molar refractivity (Wildman–Crippen MR) is 74.1 cm³/mol. The van der Waals surface area contributed by atoms with E-state index in [9.17, 15) is 17.6 Å². The van der Waals surface area contributed by atoms with E-state index in [-0.39, 0.29) is 5.75 Å². The molecule has 0 radical (unpaired) electrons. The van der Waals surface area contributed by atoms with E-state index in [4.69, 9.17) is 21.1 Å². The van der Waals surface area contributed by atoms with E-state index < -0.39 is 28.3 Å². The summed E-state index contributed by atoms with van der Waals surface area (Å²) < 4.78 is 62.0. The number of rotatable bonds is 4. The number of hydrogen-bond acceptors (Lipinski definition) is 2. The molecule has 2 rings (SSSR count). The third kappa shape index (κ3) is 3.82. The molecule has 0 heterocycles. The second kappa shape index (κ2) is 6.44. The van der Waals surface area contributed by atoms with Crippen LogP contribution in [0.25, 0.3) is 0 Å². The normalized spacial score (nSPS) is 11.4. The third-order valence-corrected chi connectivity index (χ3v) is 2.94. The summed E-state index contributed by atoms with van der Waals surface area (Å²) >= 11 is 5.70. The van der Waals surface area contributed by atoms with Crippen LogP contribution < -0.4 is 9.47 Å². The Balaban J connectivity index is 2.32. The molecule has 0 aliphatic heterocycles. The van der Waals surface area contributed by atoms with Gasteiger partial charge in [-0.2, -0.15) is 13.2 Å². The monoisotopic (exact) mass is 334 g/mol. The van der Waals surface area contributed by atoms with Crippen LogP contribution in [0, 0.1) is 5.82 Å². The Hall–Kier alpha value is -1.95. The second-order valence-corrected chi connectivity index (χ2v) is 4.68. The van der Waals surface area contributed by atoms with Crippen molar-refractivity contribution in [3.05, 3.63) is 52.8 Å². The van der Waals surface area contributed by atoms with Gasteiger partial charge < -0.3 is 9.47 Å². The minimum Gasteiger partial charge on any atom is -0.494 e. The van der Waals surface area contributed by atoms with Gasteiger partial charge in [0.15, 0.2) is 11.6 Å². The maximum absolute atomic E-state index is 13.8. The molecule has 2 aromatic rings. The largest absolute Gasteiger partial charge is 0.494 e. The lowest BCUT2D eigenvalue weighted by molar-refractivity contribution is -0.137. The molecule has 0 saturated carbocycles. The van der Waals surface area contributed by atoms with Gasteiger partial charge in [0, 0.05) is 6.07 Å². The highest BCUT2D eigenvalue weighted by Gasteiger charge is 2.32. The molecule has 22 heavy (non-hydrogen) atoms. The average Bonchev–Trinajstić information content (AvgIpc) is 2.42. The van der Waals surface area contributed by atoms with Gasteiger partial charge in [0.25, 0.3) is 0 Å². The van der Waals surface area contributed by atoms with Crippen LogP contribution in [0.15, 0.2) is 36.4 Å². The van der Waals surface area contributed by atoms with E-state index in [1.807, 2.05) is 0 Å². The van der Waals surface area contributed by atoms with Gasteiger partial charge in [-0.15, -0.1) is 0 Å². The van der Waals surface area contributed by atoms with E-state index >= 15 is 0 Å². The SMILES string of the molecule is CCOc1cccc(Oc2c(F)cc(C(F)(F)F)cc2Cl)c1. The van der Waals surface area contributed by atoms with Crippen LogP contribution >= 0.6 is 11.6 Å². The maximum Gasteiger partial charge on any atom is 0.416 e. The van der Waals surface area contributed by atoms with E-state index in [0.717, 1.165) is 0 Å². The third-order valence-electron chi connectivity index (χ3n) is 2.66. The summed E-state index contributed by atoms with van der Waals surface area (Å²) in [5.74, 6) is -0.972. The van der Waals surface area contributed by atoms with E-state index in [1.165, 1.54) is 12.1 Å². The quantitative estimate of drug-likeness (QED) is 0.669. The van der Waals surface area contributed by atoms with Crippen molar-refractivity contribution in [1.82, 2.24) is 0 Å². The molecular weight excluding hydrogens is 324 g/mol. The molecule has 2 nitrogen and oxygen atoms in total. The van der Waals surface area contributed by atoms with Gasteiger partial charge in [-0.25, -0.2) is 4.39 Å². The van der Waals surface area contributed by atoms with Crippen molar-refractivity contribution in [1.29, 1.82) is 0 Å². The maximum atomic E-state index is 13.8. The molecule has 7 heteroatoms. The predicted octanol–water partition coefficient (Wildman–Crippen LogP) is 5.69. The first-order valence-electron chi connectivity index (χ1n) is 6.28. The van der Waals surface area contributed by atoms with Crippen LogP contribution in [-0.4, -0.2) is 6.61 Å². The topological polar surface area (TPSA) is 18.5 Å². The van der Waals surface area contributed by atoms with E-state index in [0.29, 0.717) is 24.5 Å². The zero-order valence-electron chi connectivity index (χ0n) is 11.4. The molecule has 0 N–H and O–H groups in total. The zero-order valence-corrected chi connectivity index (χ0v) is 12.1. The Morgan fingerprint density at radius 1 is 1.09 bits per heavy atom. The van der Waals surface area contributed by atoms with Gasteiger partial charge in [-0.05, 0) is 31.2 Å². The van der Waals surface area contributed by atoms with Crippen LogP contribution in [0.3, 0.4) is 0 Å². The Morgan fingerprint density at radius 2 is 1.77 bits per heavy atom. The molecule has 0 spiro atoms. The standard InChI is InChI=1S/C15H11ClF4O2/c1-2-21-10-4-3-5-11(8-10)22-14-12(16)6-9(7-13(14)17)15(18,19)20/h3-8H,2H2,1H3. The Labute approximate surface area is 129 Å². The lowest BCUT2D eigenvalue weighted by Gasteiger charge is -2.13. The Bertz CT molecular complexity index is 648. The first-order valence-corrected chi connectivity index (χ1v) is 6.66. The summed E-state index contributed by atoms with van der Waals surface area (Å²) in [6.45, 7) is 2.22. The van der Waals surface area contributed by atoms with Crippen molar-refractivity contribution in [2.75, 3.05) is 6.61 Å². The lowest BCUT2D eigenvalue weighted by atomic mass is 10.2. The fourth-order valence-corrected chi connectivity index (χ4v) is 1.98. The van der Waals surface area contributed by atoms with Gasteiger partial charge in [0.1, 0.15) is 11.5 Å². The van der Waals surface area contributed by atoms with Crippen LogP contribution in [0.4, 0.5) is 17.6 Å². The highest BCUT2D eigenvalue weighted by molar-refractivity contribution is 6.32. The molecular formula is C15H11ClF4O2. The molecule has 0 aliphatic carbocycles. The van der Waals surface area contributed by atoms with Crippen LogP contribution in [-0.2, 0) is 6.18 Å². The van der Waals surface area contributed by atoms with Crippen molar-refractivity contribution in [2.24, 2.45) is 0 Å². The molecule has 0 saturated heterocycles. The molecule has 2 aromatic carbocycles. The number of benzene rings is 2. The first-order chi connectivity index (χ1) is 10.3. The number of hydrogen-bond donors (Lipinski definition) is 0.